The highest BCUT2D eigenvalue weighted by Gasteiger charge is 2.16. The molecule has 1 atom stereocenters. The molecule has 0 aliphatic carbocycles. The second-order valence-corrected chi connectivity index (χ2v) is 7.41. The van der Waals surface area contributed by atoms with E-state index < -0.39 is 9.84 Å². The van der Waals surface area contributed by atoms with Crippen LogP contribution in [0.15, 0.2) is 24.3 Å². The lowest BCUT2D eigenvalue weighted by Gasteiger charge is -2.27. The van der Waals surface area contributed by atoms with E-state index in [9.17, 15) is 12.8 Å². The Labute approximate surface area is 126 Å². The van der Waals surface area contributed by atoms with Gasteiger partial charge in [-0.05, 0) is 44.2 Å². The molecule has 4 nitrogen and oxygen atoms in total. The van der Waals surface area contributed by atoms with Crippen LogP contribution in [0.4, 0.5) is 4.39 Å². The largest absolute Gasteiger partial charge is 0.494 e. The van der Waals surface area contributed by atoms with Crippen LogP contribution in [0.25, 0.3) is 0 Å². The van der Waals surface area contributed by atoms with Crippen molar-refractivity contribution in [1.82, 2.24) is 4.90 Å². The van der Waals surface area contributed by atoms with E-state index in [1.54, 1.807) is 12.1 Å². The molecule has 0 N–H and O–H groups in total. The van der Waals surface area contributed by atoms with Crippen molar-refractivity contribution in [2.45, 2.75) is 26.3 Å². The van der Waals surface area contributed by atoms with Crippen LogP contribution in [0.1, 0.15) is 20.3 Å². The Morgan fingerprint density at radius 3 is 2.43 bits per heavy atom. The summed E-state index contributed by atoms with van der Waals surface area (Å²) in [5, 5.41) is 0. The van der Waals surface area contributed by atoms with Crippen molar-refractivity contribution in [2.24, 2.45) is 0 Å². The van der Waals surface area contributed by atoms with E-state index in [1.165, 1.54) is 18.4 Å². The fraction of sp³-hybridized carbons (Fsp3) is 0.600. The Balaban J connectivity index is 2.33. The zero-order chi connectivity index (χ0) is 15.9. The summed E-state index contributed by atoms with van der Waals surface area (Å²) in [4.78, 5) is 2.12. The van der Waals surface area contributed by atoms with Gasteiger partial charge in [0.05, 0.1) is 12.4 Å². The highest BCUT2D eigenvalue weighted by molar-refractivity contribution is 7.90. The van der Waals surface area contributed by atoms with Crippen molar-refractivity contribution in [1.29, 1.82) is 0 Å². The molecule has 21 heavy (non-hydrogen) atoms. The van der Waals surface area contributed by atoms with Crippen molar-refractivity contribution in [3.05, 3.63) is 30.1 Å². The maximum absolute atomic E-state index is 12.7. The SMILES string of the molecule is CCN(CCCOc1ccc(F)cc1)C(C)CS(C)(=O)=O. The van der Waals surface area contributed by atoms with Gasteiger partial charge in [0.2, 0.25) is 0 Å². The summed E-state index contributed by atoms with van der Waals surface area (Å²) < 4.78 is 40.9. The van der Waals surface area contributed by atoms with E-state index in [0.29, 0.717) is 12.4 Å². The molecule has 0 radical (unpaired) electrons. The zero-order valence-electron chi connectivity index (χ0n) is 12.9. The van der Waals surface area contributed by atoms with E-state index in [1.807, 2.05) is 13.8 Å². The monoisotopic (exact) mass is 317 g/mol. The van der Waals surface area contributed by atoms with E-state index in [2.05, 4.69) is 4.90 Å². The van der Waals surface area contributed by atoms with Crippen molar-refractivity contribution in [3.8, 4) is 5.75 Å². The third kappa shape index (κ3) is 7.43. The Morgan fingerprint density at radius 1 is 1.29 bits per heavy atom. The average molecular weight is 317 g/mol. The fourth-order valence-electron chi connectivity index (χ4n) is 2.22. The normalized spacial score (nSPS) is 13.4. The standard InChI is InChI=1S/C15H24FNO3S/c1-4-17(13(2)12-21(3,18)19)10-5-11-20-15-8-6-14(16)7-9-15/h6-9,13H,4-5,10-12H2,1-3H3. The molecule has 1 unspecified atom stereocenters. The molecule has 0 amide bonds. The maximum Gasteiger partial charge on any atom is 0.148 e. The number of halogens is 1. The van der Waals surface area contributed by atoms with Crippen molar-refractivity contribution < 1.29 is 17.5 Å². The molecule has 0 spiro atoms. The summed E-state index contributed by atoms with van der Waals surface area (Å²) in [6.07, 6.45) is 2.05. The van der Waals surface area contributed by atoms with Gasteiger partial charge in [0, 0.05) is 18.8 Å². The number of benzene rings is 1. The van der Waals surface area contributed by atoms with Gasteiger partial charge in [0.15, 0.2) is 0 Å². The van der Waals surface area contributed by atoms with Gasteiger partial charge >= 0.3 is 0 Å². The summed E-state index contributed by atoms with van der Waals surface area (Å²) in [6.45, 7) is 6.03. The fourth-order valence-corrected chi connectivity index (χ4v) is 3.31. The first-order chi connectivity index (χ1) is 9.81. The first kappa shape index (κ1) is 17.9. The summed E-state index contributed by atoms with van der Waals surface area (Å²) in [6, 6.07) is 5.91. The number of rotatable bonds is 9. The minimum absolute atomic E-state index is 0.00387. The van der Waals surface area contributed by atoms with E-state index in [-0.39, 0.29) is 17.6 Å². The molecule has 0 saturated heterocycles. The second-order valence-electron chi connectivity index (χ2n) is 5.23. The van der Waals surface area contributed by atoms with Gasteiger partial charge in [0.1, 0.15) is 21.4 Å². The third-order valence-electron chi connectivity index (χ3n) is 3.25. The molecule has 1 aromatic carbocycles. The molecule has 120 valence electrons. The maximum atomic E-state index is 12.7. The number of ether oxygens (including phenoxy) is 1. The third-order valence-corrected chi connectivity index (χ3v) is 4.33. The Kier molecular flexibility index (Phi) is 7.11. The van der Waals surface area contributed by atoms with E-state index >= 15 is 0 Å². The molecule has 0 bridgehead atoms. The highest BCUT2D eigenvalue weighted by Crippen LogP contribution is 2.11. The van der Waals surface area contributed by atoms with Crippen LogP contribution in [0.5, 0.6) is 5.75 Å². The molecule has 0 heterocycles. The molecule has 0 fully saturated rings. The molecule has 0 aromatic heterocycles. The van der Waals surface area contributed by atoms with Crippen LogP contribution < -0.4 is 4.74 Å². The van der Waals surface area contributed by atoms with Gasteiger partial charge < -0.3 is 4.74 Å². The molecule has 6 heteroatoms. The second kappa shape index (κ2) is 8.34. The summed E-state index contributed by atoms with van der Waals surface area (Å²) in [7, 11) is -2.96. The van der Waals surface area contributed by atoms with Gasteiger partial charge in [-0.2, -0.15) is 0 Å². The number of hydrogen-bond donors (Lipinski definition) is 0. The molecular weight excluding hydrogens is 293 g/mol. The van der Waals surface area contributed by atoms with Gasteiger partial charge in [0.25, 0.3) is 0 Å². The molecule has 1 rings (SSSR count). The van der Waals surface area contributed by atoms with Crippen LogP contribution in [-0.4, -0.2) is 51.1 Å². The molecular formula is C15H24FNO3S. The van der Waals surface area contributed by atoms with E-state index in [4.69, 9.17) is 4.74 Å². The number of nitrogens with zero attached hydrogens (tertiary/aromatic N) is 1. The topological polar surface area (TPSA) is 46.6 Å². The first-order valence-corrected chi connectivity index (χ1v) is 9.18. The lowest BCUT2D eigenvalue weighted by molar-refractivity contribution is 0.208. The lowest BCUT2D eigenvalue weighted by Crippen LogP contribution is -2.38. The zero-order valence-corrected chi connectivity index (χ0v) is 13.7. The molecule has 0 saturated carbocycles. The Morgan fingerprint density at radius 2 is 1.90 bits per heavy atom. The minimum Gasteiger partial charge on any atom is -0.494 e. The van der Waals surface area contributed by atoms with Crippen molar-refractivity contribution in [3.63, 3.8) is 0 Å². The molecule has 1 aromatic rings. The van der Waals surface area contributed by atoms with E-state index in [0.717, 1.165) is 19.5 Å². The van der Waals surface area contributed by atoms with Gasteiger partial charge in [-0.3, -0.25) is 4.90 Å². The van der Waals surface area contributed by atoms with Crippen molar-refractivity contribution in [2.75, 3.05) is 31.7 Å². The Hall–Kier alpha value is -1.14. The van der Waals surface area contributed by atoms with Crippen LogP contribution in [0.2, 0.25) is 0 Å². The van der Waals surface area contributed by atoms with Crippen LogP contribution in [0.3, 0.4) is 0 Å². The smallest absolute Gasteiger partial charge is 0.148 e. The summed E-state index contributed by atoms with van der Waals surface area (Å²) in [5.74, 6) is 0.525. The number of sulfone groups is 1. The quantitative estimate of drug-likeness (QED) is 0.656. The highest BCUT2D eigenvalue weighted by atomic mass is 32.2. The van der Waals surface area contributed by atoms with Gasteiger partial charge in [-0.15, -0.1) is 0 Å². The lowest BCUT2D eigenvalue weighted by atomic mass is 10.3. The van der Waals surface area contributed by atoms with Crippen LogP contribution in [-0.2, 0) is 9.84 Å². The van der Waals surface area contributed by atoms with Crippen LogP contribution >= 0.6 is 0 Å². The molecule has 0 aliphatic heterocycles. The molecule has 0 aliphatic rings. The average Bonchev–Trinajstić information content (AvgIpc) is 2.38. The predicted octanol–water partition coefficient (Wildman–Crippen LogP) is 2.35. The predicted molar refractivity (Wildman–Crippen MR) is 82.9 cm³/mol. The summed E-state index contributed by atoms with van der Waals surface area (Å²) >= 11 is 0. The van der Waals surface area contributed by atoms with Gasteiger partial charge in [-0.1, -0.05) is 6.92 Å². The first-order valence-electron chi connectivity index (χ1n) is 7.12. The van der Waals surface area contributed by atoms with Crippen LogP contribution in [0, 0.1) is 5.82 Å². The van der Waals surface area contributed by atoms with Crippen molar-refractivity contribution >= 4 is 9.84 Å². The minimum atomic E-state index is -2.96. The summed E-state index contributed by atoms with van der Waals surface area (Å²) in [5.41, 5.74) is 0. The number of hydrogen-bond acceptors (Lipinski definition) is 4. The van der Waals surface area contributed by atoms with Gasteiger partial charge in [-0.25, -0.2) is 12.8 Å². The Bertz CT molecular complexity index is 516.